The van der Waals surface area contributed by atoms with E-state index in [1.807, 2.05) is 24.3 Å². The predicted molar refractivity (Wildman–Crippen MR) is 125 cm³/mol. The molecule has 1 aliphatic rings. The van der Waals surface area contributed by atoms with Crippen molar-refractivity contribution < 1.29 is 18.8 Å². The van der Waals surface area contributed by atoms with Gasteiger partial charge in [-0.05, 0) is 30.3 Å². The van der Waals surface area contributed by atoms with E-state index in [1.165, 1.54) is 24.3 Å². The standard InChI is InChI=1S/C24H22FN3O4S/c1-32-21-8-4-3-7-20(21)26-12-14-27(15-13-26)24(29)18-16-17(28(30)31)10-11-22(18)33-23-9-5-2-6-19(23)25/h2-11,16H,12-15H2,1H3. The summed E-state index contributed by atoms with van der Waals surface area (Å²) < 4.78 is 19.6. The van der Waals surface area contributed by atoms with Crippen LogP contribution in [0.4, 0.5) is 15.8 Å². The van der Waals surface area contributed by atoms with Crippen LogP contribution in [0.25, 0.3) is 0 Å². The van der Waals surface area contributed by atoms with Gasteiger partial charge in [-0.1, -0.05) is 36.0 Å². The summed E-state index contributed by atoms with van der Waals surface area (Å²) in [4.78, 5) is 28.8. The molecule has 0 radical (unpaired) electrons. The molecule has 0 bridgehead atoms. The van der Waals surface area contributed by atoms with Crippen LogP contribution in [0, 0.1) is 15.9 Å². The van der Waals surface area contributed by atoms with E-state index in [0.717, 1.165) is 23.2 Å². The van der Waals surface area contributed by atoms with Crippen molar-refractivity contribution in [2.45, 2.75) is 9.79 Å². The molecular formula is C24H22FN3O4S. The van der Waals surface area contributed by atoms with E-state index < -0.39 is 10.7 Å². The van der Waals surface area contributed by atoms with Crippen molar-refractivity contribution in [3.05, 3.63) is 88.2 Å². The Kier molecular flexibility index (Phi) is 6.79. The summed E-state index contributed by atoms with van der Waals surface area (Å²) in [5.74, 6) is 0.0430. The normalized spacial score (nSPS) is 13.6. The van der Waals surface area contributed by atoms with Crippen LogP contribution in [-0.4, -0.2) is 49.0 Å². The highest BCUT2D eigenvalue weighted by molar-refractivity contribution is 7.99. The van der Waals surface area contributed by atoms with Crippen LogP contribution >= 0.6 is 11.8 Å². The van der Waals surface area contributed by atoms with E-state index in [1.54, 1.807) is 30.2 Å². The number of halogens is 1. The van der Waals surface area contributed by atoms with Gasteiger partial charge in [-0.25, -0.2) is 4.39 Å². The van der Waals surface area contributed by atoms with Crippen molar-refractivity contribution in [3.63, 3.8) is 0 Å². The quantitative estimate of drug-likeness (QED) is 0.381. The molecule has 0 saturated carbocycles. The first kappa shape index (κ1) is 22.6. The molecule has 4 rings (SSSR count). The van der Waals surface area contributed by atoms with Crippen molar-refractivity contribution in [1.29, 1.82) is 0 Å². The van der Waals surface area contributed by atoms with Gasteiger partial charge in [-0.3, -0.25) is 14.9 Å². The Labute approximate surface area is 194 Å². The van der Waals surface area contributed by atoms with Gasteiger partial charge in [0, 0.05) is 48.1 Å². The number of rotatable bonds is 6. The first-order valence-electron chi connectivity index (χ1n) is 10.4. The average Bonchev–Trinajstić information content (AvgIpc) is 2.85. The lowest BCUT2D eigenvalue weighted by Gasteiger charge is -2.36. The Bertz CT molecular complexity index is 1180. The maximum absolute atomic E-state index is 14.2. The number of methoxy groups -OCH3 is 1. The minimum absolute atomic E-state index is 0.177. The van der Waals surface area contributed by atoms with Crippen molar-refractivity contribution in [3.8, 4) is 5.75 Å². The molecule has 0 aromatic heterocycles. The fourth-order valence-corrected chi connectivity index (χ4v) is 4.69. The SMILES string of the molecule is COc1ccccc1N1CCN(C(=O)c2cc([N+](=O)[O-])ccc2Sc2ccccc2F)CC1. The Morgan fingerprint density at radius 1 is 1.00 bits per heavy atom. The smallest absolute Gasteiger partial charge is 0.270 e. The molecule has 0 atom stereocenters. The lowest BCUT2D eigenvalue weighted by atomic mass is 10.1. The topological polar surface area (TPSA) is 75.9 Å². The van der Waals surface area contributed by atoms with Gasteiger partial charge < -0.3 is 14.5 Å². The number of carbonyl (C=O) groups excluding carboxylic acids is 1. The number of nitro benzene ring substituents is 1. The number of piperazine rings is 1. The Morgan fingerprint density at radius 3 is 2.39 bits per heavy atom. The third-order valence-electron chi connectivity index (χ3n) is 5.45. The minimum atomic E-state index is -0.534. The van der Waals surface area contributed by atoms with Crippen LogP contribution in [0.3, 0.4) is 0 Å². The number of hydrogen-bond donors (Lipinski definition) is 0. The van der Waals surface area contributed by atoms with Crippen LogP contribution in [0.2, 0.25) is 0 Å². The molecule has 170 valence electrons. The van der Waals surface area contributed by atoms with E-state index in [-0.39, 0.29) is 17.2 Å². The highest BCUT2D eigenvalue weighted by atomic mass is 32.2. The summed E-state index contributed by atoms with van der Waals surface area (Å²) in [7, 11) is 1.62. The number of nitrogens with zero attached hydrogens (tertiary/aromatic N) is 3. The Balaban J connectivity index is 1.56. The van der Waals surface area contributed by atoms with E-state index in [9.17, 15) is 19.3 Å². The Morgan fingerprint density at radius 2 is 1.70 bits per heavy atom. The van der Waals surface area contributed by atoms with Crippen LogP contribution in [-0.2, 0) is 0 Å². The molecule has 1 heterocycles. The number of nitro groups is 1. The molecule has 1 aliphatic heterocycles. The zero-order valence-corrected chi connectivity index (χ0v) is 18.8. The first-order valence-corrected chi connectivity index (χ1v) is 11.2. The zero-order valence-electron chi connectivity index (χ0n) is 17.9. The van der Waals surface area contributed by atoms with Crippen molar-refractivity contribution in [2.75, 3.05) is 38.2 Å². The summed E-state index contributed by atoms with van der Waals surface area (Å²) in [6.45, 7) is 2.08. The molecule has 1 fully saturated rings. The zero-order chi connectivity index (χ0) is 23.4. The van der Waals surface area contributed by atoms with E-state index in [0.29, 0.717) is 36.0 Å². The molecule has 0 spiro atoms. The van der Waals surface area contributed by atoms with Crippen molar-refractivity contribution >= 4 is 29.0 Å². The van der Waals surface area contributed by atoms with Gasteiger partial charge >= 0.3 is 0 Å². The summed E-state index contributed by atoms with van der Waals surface area (Å²) in [5, 5.41) is 11.3. The molecule has 7 nitrogen and oxygen atoms in total. The van der Waals surface area contributed by atoms with E-state index in [4.69, 9.17) is 4.74 Å². The van der Waals surface area contributed by atoms with Crippen LogP contribution in [0.1, 0.15) is 10.4 Å². The second-order valence-corrected chi connectivity index (χ2v) is 8.50. The lowest BCUT2D eigenvalue weighted by molar-refractivity contribution is -0.384. The van der Waals surface area contributed by atoms with Crippen molar-refractivity contribution in [1.82, 2.24) is 4.90 Å². The monoisotopic (exact) mass is 467 g/mol. The number of para-hydroxylation sites is 2. The highest BCUT2D eigenvalue weighted by Crippen LogP contribution is 2.35. The maximum atomic E-state index is 14.2. The number of anilines is 1. The molecule has 33 heavy (non-hydrogen) atoms. The molecule has 1 amide bonds. The molecule has 1 saturated heterocycles. The number of benzene rings is 3. The van der Waals surface area contributed by atoms with Gasteiger partial charge in [0.15, 0.2) is 0 Å². The van der Waals surface area contributed by atoms with Gasteiger partial charge in [0.2, 0.25) is 0 Å². The summed E-state index contributed by atoms with van der Waals surface area (Å²) in [5.41, 5.74) is 0.977. The largest absolute Gasteiger partial charge is 0.495 e. The molecular weight excluding hydrogens is 445 g/mol. The maximum Gasteiger partial charge on any atom is 0.270 e. The fraction of sp³-hybridized carbons (Fsp3) is 0.208. The van der Waals surface area contributed by atoms with Crippen LogP contribution < -0.4 is 9.64 Å². The molecule has 3 aromatic rings. The van der Waals surface area contributed by atoms with E-state index in [2.05, 4.69) is 4.90 Å². The van der Waals surface area contributed by atoms with Gasteiger partial charge in [0.1, 0.15) is 11.6 Å². The van der Waals surface area contributed by atoms with Gasteiger partial charge in [-0.2, -0.15) is 0 Å². The molecule has 9 heteroatoms. The Hall–Kier alpha value is -3.59. The number of hydrogen-bond acceptors (Lipinski definition) is 6. The second-order valence-electron chi connectivity index (χ2n) is 7.42. The fourth-order valence-electron chi connectivity index (χ4n) is 3.75. The molecule has 0 unspecified atom stereocenters. The van der Waals surface area contributed by atoms with Crippen LogP contribution in [0.15, 0.2) is 76.5 Å². The first-order chi connectivity index (χ1) is 16.0. The number of amides is 1. The predicted octanol–water partition coefficient (Wildman–Crippen LogP) is 4.86. The van der Waals surface area contributed by atoms with Gasteiger partial charge in [0.05, 0.1) is 23.3 Å². The summed E-state index contributed by atoms with van der Waals surface area (Å²) in [6.07, 6.45) is 0. The second kappa shape index (κ2) is 9.91. The molecule has 0 N–H and O–H groups in total. The van der Waals surface area contributed by atoms with Crippen molar-refractivity contribution in [2.24, 2.45) is 0 Å². The summed E-state index contributed by atoms with van der Waals surface area (Å²) in [6, 6.07) is 18.1. The van der Waals surface area contributed by atoms with Gasteiger partial charge in [-0.15, -0.1) is 0 Å². The van der Waals surface area contributed by atoms with E-state index >= 15 is 0 Å². The number of ether oxygens (including phenoxy) is 1. The number of carbonyl (C=O) groups is 1. The minimum Gasteiger partial charge on any atom is -0.495 e. The lowest BCUT2D eigenvalue weighted by Crippen LogP contribution is -2.49. The molecule has 0 aliphatic carbocycles. The highest BCUT2D eigenvalue weighted by Gasteiger charge is 2.27. The summed E-state index contributed by atoms with van der Waals surface area (Å²) >= 11 is 1.08. The molecule has 3 aromatic carbocycles. The number of non-ortho nitro benzene ring substituents is 1. The third-order valence-corrected chi connectivity index (χ3v) is 6.58. The van der Waals surface area contributed by atoms with Crippen LogP contribution in [0.5, 0.6) is 5.75 Å². The third kappa shape index (κ3) is 4.93. The van der Waals surface area contributed by atoms with Gasteiger partial charge in [0.25, 0.3) is 11.6 Å². The average molecular weight is 468 g/mol.